The third-order valence-corrected chi connectivity index (χ3v) is 4.11. The summed E-state index contributed by atoms with van der Waals surface area (Å²) in [6.07, 6.45) is 3.82. The van der Waals surface area contributed by atoms with Gasteiger partial charge in [-0.05, 0) is 51.1 Å². The second-order valence-electron chi connectivity index (χ2n) is 5.97. The molecule has 0 atom stereocenters. The molecule has 25 heavy (non-hydrogen) atoms. The van der Waals surface area contributed by atoms with Crippen LogP contribution in [0.3, 0.4) is 0 Å². The normalized spacial score (nSPS) is 15.0. The number of piperidine rings is 1. The van der Waals surface area contributed by atoms with Gasteiger partial charge in [0.05, 0.1) is 18.8 Å². The lowest BCUT2D eigenvalue weighted by atomic mass is 10.1. The number of hydrogen-bond acceptors (Lipinski definition) is 6. The van der Waals surface area contributed by atoms with Crippen molar-refractivity contribution < 1.29 is 23.7 Å². The van der Waals surface area contributed by atoms with Crippen molar-refractivity contribution in [1.29, 1.82) is 0 Å². The summed E-state index contributed by atoms with van der Waals surface area (Å²) in [5.74, 6) is 0.828. The Hall–Kier alpha value is -1.79. The van der Waals surface area contributed by atoms with Crippen LogP contribution in [0.25, 0.3) is 0 Å². The number of rotatable bonds is 10. The molecule has 0 saturated carbocycles. The van der Waals surface area contributed by atoms with Crippen LogP contribution in [0.1, 0.15) is 36.5 Å². The minimum absolute atomic E-state index is 0.343. The van der Waals surface area contributed by atoms with E-state index in [1.54, 1.807) is 32.2 Å². The van der Waals surface area contributed by atoms with Gasteiger partial charge in [0.25, 0.3) is 0 Å². The monoisotopic (exact) mass is 351 g/mol. The van der Waals surface area contributed by atoms with E-state index in [-0.39, 0.29) is 5.97 Å². The van der Waals surface area contributed by atoms with Crippen molar-refractivity contribution in [3.8, 4) is 11.5 Å². The highest BCUT2D eigenvalue weighted by molar-refractivity contribution is 5.90. The number of esters is 1. The third kappa shape index (κ3) is 6.55. The number of likely N-dealkylation sites (tertiary alicyclic amines) is 1. The predicted molar refractivity (Wildman–Crippen MR) is 95.6 cm³/mol. The van der Waals surface area contributed by atoms with Crippen molar-refractivity contribution in [3.05, 3.63) is 23.8 Å². The zero-order valence-corrected chi connectivity index (χ0v) is 15.3. The van der Waals surface area contributed by atoms with Crippen molar-refractivity contribution in [3.63, 3.8) is 0 Å². The van der Waals surface area contributed by atoms with Gasteiger partial charge in [-0.3, -0.25) is 4.90 Å². The summed E-state index contributed by atoms with van der Waals surface area (Å²) in [4.78, 5) is 14.3. The van der Waals surface area contributed by atoms with Gasteiger partial charge in [-0.1, -0.05) is 6.42 Å². The average molecular weight is 351 g/mol. The van der Waals surface area contributed by atoms with Crippen molar-refractivity contribution in [1.82, 2.24) is 4.90 Å². The molecule has 1 aromatic rings. The van der Waals surface area contributed by atoms with Crippen LogP contribution in [0.5, 0.6) is 11.5 Å². The zero-order valence-electron chi connectivity index (χ0n) is 15.3. The number of ether oxygens (including phenoxy) is 4. The first-order valence-corrected chi connectivity index (χ1v) is 9.02. The molecule has 6 heteroatoms. The van der Waals surface area contributed by atoms with Gasteiger partial charge < -0.3 is 18.9 Å². The highest BCUT2D eigenvalue weighted by atomic mass is 16.5. The maximum Gasteiger partial charge on any atom is 0.338 e. The largest absolute Gasteiger partial charge is 0.488 e. The predicted octanol–water partition coefficient (Wildman–Crippen LogP) is 2.75. The Kier molecular flexibility index (Phi) is 8.55. The van der Waals surface area contributed by atoms with Gasteiger partial charge in [0.2, 0.25) is 0 Å². The summed E-state index contributed by atoms with van der Waals surface area (Å²) >= 11 is 0. The summed E-state index contributed by atoms with van der Waals surface area (Å²) in [5.41, 5.74) is 0.467. The highest BCUT2D eigenvalue weighted by Crippen LogP contribution is 2.29. The smallest absolute Gasteiger partial charge is 0.338 e. The van der Waals surface area contributed by atoms with E-state index in [4.69, 9.17) is 18.9 Å². The Morgan fingerprint density at radius 2 is 1.80 bits per heavy atom. The average Bonchev–Trinajstić information content (AvgIpc) is 2.64. The van der Waals surface area contributed by atoms with Crippen molar-refractivity contribution in [2.24, 2.45) is 0 Å². The molecule has 6 nitrogen and oxygen atoms in total. The molecule has 2 rings (SSSR count). The second kappa shape index (κ2) is 10.9. The molecule has 1 heterocycles. The lowest BCUT2D eigenvalue weighted by Gasteiger charge is -2.26. The molecule has 1 aromatic carbocycles. The fourth-order valence-electron chi connectivity index (χ4n) is 2.78. The maximum absolute atomic E-state index is 11.9. The second-order valence-corrected chi connectivity index (χ2v) is 5.97. The first kappa shape index (κ1) is 19.5. The molecule has 0 N–H and O–H groups in total. The summed E-state index contributed by atoms with van der Waals surface area (Å²) in [6.45, 7) is 6.75. The van der Waals surface area contributed by atoms with Gasteiger partial charge >= 0.3 is 5.97 Å². The van der Waals surface area contributed by atoms with Crippen molar-refractivity contribution in [2.45, 2.75) is 26.2 Å². The highest BCUT2D eigenvalue weighted by Gasteiger charge is 2.14. The molecule has 1 aliphatic rings. The Bertz CT molecular complexity index is 529. The van der Waals surface area contributed by atoms with Crippen LogP contribution in [0.2, 0.25) is 0 Å². The van der Waals surface area contributed by atoms with E-state index in [1.165, 1.54) is 19.3 Å². The first-order valence-electron chi connectivity index (χ1n) is 9.02. The van der Waals surface area contributed by atoms with E-state index in [0.717, 1.165) is 19.6 Å². The number of hydrogen-bond donors (Lipinski definition) is 0. The van der Waals surface area contributed by atoms with E-state index < -0.39 is 0 Å². The summed E-state index contributed by atoms with van der Waals surface area (Å²) in [6, 6.07) is 5.13. The molecule has 1 saturated heterocycles. The van der Waals surface area contributed by atoms with Crippen LogP contribution in [-0.2, 0) is 9.47 Å². The lowest BCUT2D eigenvalue weighted by molar-refractivity contribution is 0.0525. The number of methoxy groups -OCH3 is 1. The van der Waals surface area contributed by atoms with Crippen LogP contribution in [0.4, 0.5) is 0 Å². The van der Waals surface area contributed by atoms with E-state index in [1.807, 2.05) is 0 Å². The van der Waals surface area contributed by atoms with Crippen molar-refractivity contribution in [2.75, 3.05) is 53.2 Å². The standard InChI is InChI=1S/C19H29NO5/c1-3-23-19(21)16-7-8-17(25-14-13-22-2)18(15-16)24-12-11-20-9-5-4-6-10-20/h7-8,15H,3-6,9-14H2,1-2H3. The zero-order chi connectivity index (χ0) is 17.9. The molecule has 0 amide bonds. The molecule has 1 fully saturated rings. The Morgan fingerprint density at radius 3 is 2.52 bits per heavy atom. The van der Waals surface area contributed by atoms with E-state index in [0.29, 0.717) is 43.5 Å². The van der Waals surface area contributed by atoms with Crippen LogP contribution >= 0.6 is 0 Å². The summed E-state index contributed by atoms with van der Waals surface area (Å²) in [5, 5.41) is 0. The third-order valence-electron chi connectivity index (χ3n) is 4.11. The molecule has 0 aliphatic carbocycles. The molecule has 0 radical (unpaired) electrons. The van der Waals surface area contributed by atoms with Crippen LogP contribution in [0, 0.1) is 0 Å². The Balaban J connectivity index is 1.98. The molecule has 0 unspecified atom stereocenters. The van der Waals surface area contributed by atoms with E-state index in [2.05, 4.69) is 4.90 Å². The molecule has 1 aliphatic heterocycles. The number of carbonyl (C=O) groups is 1. The molecule has 140 valence electrons. The molecule has 0 bridgehead atoms. The van der Waals surface area contributed by atoms with Crippen LogP contribution in [-0.4, -0.2) is 64.0 Å². The van der Waals surface area contributed by atoms with Gasteiger partial charge in [-0.15, -0.1) is 0 Å². The van der Waals surface area contributed by atoms with Crippen LogP contribution < -0.4 is 9.47 Å². The van der Waals surface area contributed by atoms with Gasteiger partial charge in [0.1, 0.15) is 13.2 Å². The number of benzene rings is 1. The van der Waals surface area contributed by atoms with Crippen LogP contribution in [0.15, 0.2) is 18.2 Å². The number of carbonyl (C=O) groups excluding carboxylic acids is 1. The topological polar surface area (TPSA) is 57.2 Å². The van der Waals surface area contributed by atoms with E-state index in [9.17, 15) is 4.79 Å². The van der Waals surface area contributed by atoms with Gasteiger partial charge in [0, 0.05) is 13.7 Å². The molecule has 0 aromatic heterocycles. The first-order chi connectivity index (χ1) is 12.2. The maximum atomic E-state index is 11.9. The summed E-state index contributed by atoms with van der Waals surface area (Å²) < 4.78 is 21.7. The lowest BCUT2D eigenvalue weighted by Crippen LogP contribution is -2.33. The minimum atomic E-state index is -0.355. The van der Waals surface area contributed by atoms with E-state index >= 15 is 0 Å². The number of nitrogens with zero attached hydrogens (tertiary/aromatic N) is 1. The molecular weight excluding hydrogens is 322 g/mol. The molecular formula is C19H29NO5. The fourth-order valence-corrected chi connectivity index (χ4v) is 2.78. The Labute approximate surface area is 150 Å². The molecule has 0 spiro atoms. The SMILES string of the molecule is CCOC(=O)c1ccc(OCCOC)c(OCCN2CCCCC2)c1. The quantitative estimate of drug-likeness (QED) is 0.477. The van der Waals surface area contributed by atoms with Gasteiger partial charge in [-0.25, -0.2) is 4.79 Å². The van der Waals surface area contributed by atoms with Gasteiger partial charge in [0.15, 0.2) is 11.5 Å². The Morgan fingerprint density at radius 1 is 1.04 bits per heavy atom. The fraction of sp³-hybridized carbons (Fsp3) is 0.632. The minimum Gasteiger partial charge on any atom is -0.488 e. The van der Waals surface area contributed by atoms with Crippen molar-refractivity contribution >= 4 is 5.97 Å². The van der Waals surface area contributed by atoms with Gasteiger partial charge in [-0.2, -0.15) is 0 Å². The summed E-state index contributed by atoms with van der Waals surface area (Å²) in [7, 11) is 1.63.